The number of nitro benzene ring substituents is 2. The first-order valence-electron chi connectivity index (χ1n) is 6.52. The summed E-state index contributed by atoms with van der Waals surface area (Å²) < 4.78 is 31.0. The van der Waals surface area contributed by atoms with Gasteiger partial charge in [0.05, 0.1) is 21.0 Å². The van der Waals surface area contributed by atoms with Crippen LogP contribution in [0.25, 0.3) is 0 Å². The third kappa shape index (κ3) is 4.55. The van der Waals surface area contributed by atoms with Crippen LogP contribution in [0.4, 0.5) is 20.2 Å². The highest BCUT2D eigenvalue weighted by Crippen LogP contribution is 2.40. The van der Waals surface area contributed by atoms with Gasteiger partial charge in [-0.3, -0.25) is 20.2 Å². The number of hydrogen-bond donors (Lipinski definition) is 0. The van der Waals surface area contributed by atoms with Crippen molar-refractivity contribution in [1.29, 1.82) is 0 Å². The molecule has 0 saturated heterocycles. The van der Waals surface area contributed by atoms with Crippen molar-refractivity contribution < 1.29 is 23.4 Å². The summed E-state index contributed by atoms with van der Waals surface area (Å²) in [5, 5.41) is 22.5. The Labute approximate surface area is 156 Å². The first-order chi connectivity index (χ1) is 11.7. The van der Waals surface area contributed by atoms with Crippen molar-refractivity contribution in [2.75, 3.05) is 0 Å². The Morgan fingerprint density at radius 2 is 1.28 bits per heavy atom. The van der Waals surface area contributed by atoms with Crippen molar-refractivity contribution in [3.8, 4) is 0 Å². The lowest BCUT2D eigenvalue weighted by Crippen LogP contribution is -2.14. The lowest BCUT2D eigenvalue weighted by Gasteiger charge is -2.18. The van der Waals surface area contributed by atoms with Crippen LogP contribution in [0.5, 0.6) is 0 Å². The Bertz CT molecular complexity index is 771. The highest BCUT2D eigenvalue weighted by atomic mass is 79.9. The first kappa shape index (κ1) is 19.3. The molecule has 0 aromatic heterocycles. The van der Waals surface area contributed by atoms with E-state index >= 15 is 0 Å². The Morgan fingerprint density at radius 3 is 1.60 bits per heavy atom. The molecule has 7 nitrogen and oxygen atoms in total. The number of rotatable bonds is 6. The number of ether oxygens (including phenoxy) is 1. The number of nitro groups is 2. The van der Waals surface area contributed by atoms with Crippen LogP contribution in [0.1, 0.15) is 17.2 Å². The standard InChI is InChI=1S/C14H8Br2F2N2O5/c15-7-1-3-9(11(5-7)19(21)22)13(25-14(17)18)10-4-2-8(16)6-12(10)20(23)24/h1-6,13-14H. The van der Waals surface area contributed by atoms with Crippen LogP contribution in [0.15, 0.2) is 45.3 Å². The zero-order valence-electron chi connectivity index (χ0n) is 12.1. The molecule has 0 heterocycles. The highest BCUT2D eigenvalue weighted by molar-refractivity contribution is 9.10. The predicted octanol–water partition coefficient (Wildman–Crippen LogP) is 5.36. The molecule has 2 rings (SSSR count). The third-order valence-electron chi connectivity index (χ3n) is 3.18. The van der Waals surface area contributed by atoms with Crippen LogP contribution >= 0.6 is 31.9 Å². The van der Waals surface area contributed by atoms with E-state index in [1.807, 2.05) is 0 Å². The topological polar surface area (TPSA) is 95.5 Å². The van der Waals surface area contributed by atoms with Crippen LogP contribution in [-0.2, 0) is 4.74 Å². The lowest BCUT2D eigenvalue weighted by molar-refractivity contribution is -0.388. The Kier molecular flexibility index (Phi) is 6.14. The first-order valence-corrected chi connectivity index (χ1v) is 8.10. The van der Waals surface area contributed by atoms with Gasteiger partial charge in [0.25, 0.3) is 11.4 Å². The summed E-state index contributed by atoms with van der Waals surface area (Å²) in [4.78, 5) is 21.0. The van der Waals surface area contributed by atoms with E-state index in [2.05, 4.69) is 36.6 Å². The summed E-state index contributed by atoms with van der Waals surface area (Å²) in [6, 6.07) is 7.44. The summed E-state index contributed by atoms with van der Waals surface area (Å²) in [5.41, 5.74) is -1.45. The van der Waals surface area contributed by atoms with Crippen LogP contribution in [0.2, 0.25) is 0 Å². The fraction of sp³-hybridized carbons (Fsp3) is 0.143. The van der Waals surface area contributed by atoms with Crippen LogP contribution < -0.4 is 0 Å². The average Bonchev–Trinajstić information content (AvgIpc) is 2.52. The van der Waals surface area contributed by atoms with Gasteiger partial charge in [-0.1, -0.05) is 31.9 Å². The molecule has 0 saturated carbocycles. The maximum absolute atomic E-state index is 12.9. The number of nitrogens with zero attached hydrogens (tertiary/aromatic N) is 2. The molecule has 0 atom stereocenters. The predicted molar refractivity (Wildman–Crippen MR) is 90.5 cm³/mol. The molecule has 2 aromatic carbocycles. The molecule has 11 heteroatoms. The van der Waals surface area contributed by atoms with Gasteiger partial charge in [0, 0.05) is 21.1 Å². The molecule has 0 N–H and O–H groups in total. The van der Waals surface area contributed by atoms with Crippen molar-refractivity contribution >= 4 is 43.2 Å². The van der Waals surface area contributed by atoms with Gasteiger partial charge in [-0.2, -0.15) is 8.78 Å². The van der Waals surface area contributed by atoms with Gasteiger partial charge in [0.2, 0.25) is 0 Å². The maximum atomic E-state index is 12.9. The number of hydrogen-bond acceptors (Lipinski definition) is 5. The van der Waals surface area contributed by atoms with Gasteiger partial charge in [0.1, 0.15) is 6.10 Å². The smallest absolute Gasteiger partial charge is 0.309 e. The van der Waals surface area contributed by atoms with E-state index in [-0.39, 0.29) is 11.1 Å². The second kappa shape index (κ2) is 7.93. The monoisotopic (exact) mass is 480 g/mol. The number of benzene rings is 2. The largest absolute Gasteiger partial charge is 0.346 e. The molecule has 132 valence electrons. The van der Waals surface area contributed by atoms with Crippen molar-refractivity contribution in [1.82, 2.24) is 0 Å². The van der Waals surface area contributed by atoms with Crippen molar-refractivity contribution in [2.45, 2.75) is 12.7 Å². The quantitative estimate of drug-likeness (QED) is 0.409. The van der Waals surface area contributed by atoms with Gasteiger partial charge in [-0.15, -0.1) is 0 Å². The normalized spacial score (nSPS) is 11.1. The molecular formula is C14H8Br2F2N2O5. The number of halogens is 4. The molecule has 25 heavy (non-hydrogen) atoms. The molecule has 0 fully saturated rings. The molecule has 0 bridgehead atoms. The minimum atomic E-state index is -3.29. The second-order valence-electron chi connectivity index (χ2n) is 4.70. The Morgan fingerprint density at radius 1 is 0.880 bits per heavy atom. The zero-order chi connectivity index (χ0) is 18.7. The SMILES string of the molecule is O=[N+]([O-])c1cc(Br)ccc1C(OC(F)F)c1ccc(Br)cc1[N+](=O)[O-]. The molecular weight excluding hydrogens is 474 g/mol. The van der Waals surface area contributed by atoms with Gasteiger partial charge in [-0.05, 0) is 24.3 Å². The molecule has 0 aliphatic heterocycles. The molecule has 0 unspecified atom stereocenters. The number of alkyl halides is 2. The molecule has 0 radical (unpaired) electrons. The minimum Gasteiger partial charge on any atom is -0.309 e. The minimum absolute atomic E-state index is 0.223. The molecule has 0 amide bonds. The summed E-state index contributed by atoms with van der Waals surface area (Å²) in [6.45, 7) is -3.29. The Hall–Kier alpha value is -1.98. The summed E-state index contributed by atoms with van der Waals surface area (Å²) in [6.07, 6.45) is -1.69. The zero-order valence-corrected chi connectivity index (χ0v) is 15.2. The third-order valence-corrected chi connectivity index (χ3v) is 4.17. The van der Waals surface area contributed by atoms with E-state index < -0.39 is 33.9 Å². The lowest BCUT2D eigenvalue weighted by atomic mass is 9.98. The van der Waals surface area contributed by atoms with Crippen LogP contribution in [-0.4, -0.2) is 16.5 Å². The van der Waals surface area contributed by atoms with Crippen molar-refractivity contribution in [3.05, 3.63) is 76.7 Å². The van der Waals surface area contributed by atoms with Gasteiger partial charge in [-0.25, -0.2) is 0 Å². The fourth-order valence-electron chi connectivity index (χ4n) is 2.21. The van der Waals surface area contributed by atoms with Crippen molar-refractivity contribution in [3.63, 3.8) is 0 Å². The van der Waals surface area contributed by atoms with E-state index in [4.69, 9.17) is 0 Å². The van der Waals surface area contributed by atoms with Gasteiger partial charge in [0.15, 0.2) is 0 Å². The molecule has 0 aliphatic rings. The van der Waals surface area contributed by atoms with Crippen LogP contribution in [0.3, 0.4) is 0 Å². The van der Waals surface area contributed by atoms with Gasteiger partial charge >= 0.3 is 6.61 Å². The molecule has 0 spiro atoms. The fourth-order valence-corrected chi connectivity index (χ4v) is 2.91. The summed E-state index contributed by atoms with van der Waals surface area (Å²) >= 11 is 6.12. The van der Waals surface area contributed by atoms with Gasteiger partial charge < -0.3 is 4.74 Å². The molecule has 2 aromatic rings. The van der Waals surface area contributed by atoms with E-state index in [1.54, 1.807) is 0 Å². The van der Waals surface area contributed by atoms with E-state index in [0.717, 1.165) is 12.1 Å². The highest BCUT2D eigenvalue weighted by Gasteiger charge is 2.32. The van der Waals surface area contributed by atoms with Crippen LogP contribution in [0, 0.1) is 20.2 Å². The summed E-state index contributed by atoms with van der Waals surface area (Å²) in [7, 11) is 0. The molecule has 0 aliphatic carbocycles. The Balaban J connectivity index is 2.71. The van der Waals surface area contributed by atoms with E-state index in [1.165, 1.54) is 24.3 Å². The second-order valence-corrected chi connectivity index (χ2v) is 6.53. The van der Waals surface area contributed by atoms with Crippen molar-refractivity contribution in [2.24, 2.45) is 0 Å². The van der Waals surface area contributed by atoms with E-state index in [9.17, 15) is 29.0 Å². The summed E-state index contributed by atoms with van der Waals surface area (Å²) in [5.74, 6) is 0. The maximum Gasteiger partial charge on any atom is 0.346 e. The average molecular weight is 482 g/mol. The van der Waals surface area contributed by atoms with E-state index in [0.29, 0.717) is 8.95 Å².